The summed E-state index contributed by atoms with van der Waals surface area (Å²) in [5.41, 5.74) is 2.25. The second-order valence-corrected chi connectivity index (χ2v) is 8.66. The van der Waals surface area contributed by atoms with Gasteiger partial charge in [0, 0.05) is 44.4 Å². The molecule has 1 spiro atoms. The Bertz CT molecular complexity index is 831. The number of nitrogens with zero attached hydrogens (tertiary/aromatic N) is 3. The molecule has 5 nitrogen and oxygen atoms in total. The minimum atomic E-state index is -0.178. The van der Waals surface area contributed by atoms with Gasteiger partial charge in [0.15, 0.2) is 0 Å². The quantitative estimate of drug-likeness (QED) is 0.840. The monoisotopic (exact) mass is 377 g/mol. The number of amides is 1. The molecule has 1 saturated carbocycles. The van der Waals surface area contributed by atoms with E-state index in [1.54, 1.807) is 6.20 Å². The van der Waals surface area contributed by atoms with Crippen LogP contribution in [0.5, 0.6) is 0 Å². The van der Waals surface area contributed by atoms with Crippen molar-refractivity contribution in [1.29, 1.82) is 0 Å². The van der Waals surface area contributed by atoms with Crippen LogP contribution in [0.4, 0.5) is 0 Å². The predicted molar refractivity (Wildman–Crippen MR) is 106 cm³/mol. The first-order chi connectivity index (χ1) is 13.7. The van der Waals surface area contributed by atoms with Gasteiger partial charge in [0.1, 0.15) is 0 Å². The Balaban J connectivity index is 1.38. The largest absolute Gasteiger partial charge is 0.394 e. The van der Waals surface area contributed by atoms with E-state index >= 15 is 0 Å². The molecule has 3 aliphatic rings. The number of hydrogen-bond donors (Lipinski definition) is 1. The molecule has 2 aliphatic heterocycles. The number of carbonyl (C=O) groups excluding carboxylic acids is 1. The molecule has 5 rings (SSSR count). The molecule has 1 aliphatic carbocycles. The maximum Gasteiger partial charge on any atom is 0.223 e. The maximum atomic E-state index is 13.1. The fourth-order valence-electron chi connectivity index (χ4n) is 5.32. The number of likely N-dealkylation sites (tertiary alicyclic amines) is 2. The number of aliphatic hydroxyl groups excluding tert-OH is 1. The highest BCUT2D eigenvalue weighted by Gasteiger charge is 2.67. The Morgan fingerprint density at radius 2 is 1.93 bits per heavy atom. The summed E-state index contributed by atoms with van der Waals surface area (Å²) < 4.78 is 0. The van der Waals surface area contributed by atoms with Gasteiger partial charge < -0.3 is 10.0 Å². The van der Waals surface area contributed by atoms with Crippen LogP contribution in [0.3, 0.4) is 0 Å². The van der Waals surface area contributed by atoms with E-state index in [-0.39, 0.29) is 30.0 Å². The summed E-state index contributed by atoms with van der Waals surface area (Å²) in [6, 6.07) is 14.4. The van der Waals surface area contributed by atoms with E-state index in [0.29, 0.717) is 12.3 Å². The topological polar surface area (TPSA) is 56.7 Å². The minimum Gasteiger partial charge on any atom is -0.394 e. The summed E-state index contributed by atoms with van der Waals surface area (Å²) in [6.45, 7) is 2.59. The van der Waals surface area contributed by atoms with Crippen molar-refractivity contribution < 1.29 is 9.90 Å². The fraction of sp³-hybridized carbons (Fsp3) is 0.478. The number of aliphatic hydroxyl groups is 1. The summed E-state index contributed by atoms with van der Waals surface area (Å²) in [6.07, 6.45) is 6.69. The first-order valence-corrected chi connectivity index (χ1v) is 10.3. The molecule has 2 saturated heterocycles. The number of benzene rings is 1. The van der Waals surface area contributed by atoms with Crippen LogP contribution < -0.4 is 0 Å². The van der Waals surface area contributed by atoms with Gasteiger partial charge in [0.05, 0.1) is 18.2 Å². The van der Waals surface area contributed by atoms with Crippen molar-refractivity contribution in [2.75, 3.05) is 19.7 Å². The van der Waals surface area contributed by atoms with Crippen molar-refractivity contribution in [3.63, 3.8) is 0 Å². The van der Waals surface area contributed by atoms with Crippen LogP contribution >= 0.6 is 0 Å². The molecule has 2 aromatic rings. The standard InChI is InChI=1S/C23H27N3O2/c27-14-20-22(19-6-2-1-3-7-19)23(26(20)21(28)11-17-8-9-17)15-25(16-23)13-18-5-4-10-24-12-18/h1-7,10,12,17,20,22,27H,8-9,11,13-16H2/t20-,22-/m0/s1. The first kappa shape index (κ1) is 17.8. The molecule has 28 heavy (non-hydrogen) atoms. The zero-order valence-corrected chi connectivity index (χ0v) is 16.1. The van der Waals surface area contributed by atoms with Crippen molar-refractivity contribution in [2.45, 2.75) is 43.3 Å². The van der Waals surface area contributed by atoms with Gasteiger partial charge in [-0.15, -0.1) is 0 Å². The predicted octanol–water partition coefficient (Wildman–Crippen LogP) is 2.42. The van der Waals surface area contributed by atoms with Crippen molar-refractivity contribution in [2.24, 2.45) is 5.92 Å². The molecule has 1 aromatic carbocycles. The normalized spacial score (nSPS) is 26.0. The average molecular weight is 377 g/mol. The third-order valence-corrected chi connectivity index (χ3v) is 6.67. The van der Waals surface area contributed by atoms with Crippen molar-refractivity contribution in [3.05, 3.63) is 66.0 Å². The number of hydrogen-bond acceptors (Lipinski definition) is 4. The lowest BCUT2D eigenvalue weighted by Crippen LogP contribution is -2.85. The van der Waals surface area contributed by atoms with Crippen LogP contribution in [0.25, 0.3) is 0 Å². The third kappa shape index (κ3) is 2.93. The average Bonchev–Trinajstić information content (AvgIpc) is 3.48. The molecular weight excluding hydrogens is 350 g/mol. The lowest BCUT2D eigenvalue weighted by Gasteiger charge is -2.70. The van der Waals surface area contributed by atoms with E-state index in [4.69, 9.17) is 0 Å². The molecule has 3 fully saturated rings. The van der Waals surface area contributed by atoms with Crippen LogP contribution in [0.2, 0.25) is 0 Å². The van der Waals surface area contributed by atoms with Crippen LogP contribution in [-0.4, -0.2) is 57.1 Å². The summed E-state index contributed by atoms with van der Waals surface area (Å²) >= 11 is 0. The molecule has 3 heterocycles. The summed E-state index contributed by atoms with van der Waals surface area (Å²) in [4.78, 5) is 21.7. The maximum absolute atomic E-state index is 13.1. The van der Waals surface area contributed by atoms with Crippen molar-refractivity contribution in [1.82, 2.24) is 14.8 Å². The molecule has 0 unspecified atom stereocenters. The number of carbonyl (C=O) groups is 1. The molecule has 0 radical (unpaired) electrons. The van der Waals surface area contributed by atoms with Gasteiger partial charge >= 0.3 is 0 Å². The number of aromatic nitrogens is 1. The Morgan fingerprint density at radius 1 is 1.14 bits per heavy atom. The van der Waals surface area contributed by atoms with Gasteiger partial charge in [-0.3, -0.25) is 14.7 Å². The van der Waals surface area contributed by atoms with E-state index in [2.05, 4.69) is 40.2 Å². The van der Waals surface area contributed by atoms with Crippen LogP contribution in [0, 0.1) is 5.92 Å². The molecule has 2 atom stereocenters. The van der Waals surface area contributed by atoms with Crippen LogP contribution in [0.1, 0.15) is 36.3 Å². The molecule has 1 amide bonds. The number of pyridine rings is 1. The molecule has 1 N–H and O–H groups in total. The Kier molecular flexibility index (Phi) is 4.44. The van der Waals surface area contributed by atoms with E-state index in [9.17, 15) is 9.90 Å². The third-order valence-electron chi connectivity index (χ3n) is 6.67. The Labute approximate surface area is 166 Å². The lowest BCUT2D eigenvalue weighted by molar-refractivity contribution is -0.202. The molecule has 1 aromatic heterocycles. The van der Waals surface area contributed by atoms with E-state index in [1.165, 1.54) is 24.0 Å². The second kappa shape index (κ2) is 6.98. The van der Waals surface area contributed by atoms with Gasteiger partial charge in [-0.25, -0.2) is 0 Å². The molecular formula is C23H27N3O2. The molecule has 5 heteroatoms. The smallest absolute Gasteiger partial charge is 0.223 e. The second-order valence-electron chi connectivity index (χ2n) is 8.66. The van der Waals surface area contributed by atoms with Crippen LogP contribution in [0.15, 0.2) is 54.9 Å². The van der Waals surface area contributed by atoms with Gasteiger partial charge in [0.25, 0.3) is 0 Å². The minimum absolute atomic E-state index is 0.0281. The summed E-state index contributed by atoms with van der Waals surface area (Å²) in [5, 5.41) is 10.1. The Hall–Kier alpha value is -2.24. The zero-order valence-electron chi connectivity index (χ0n) is 16.1. The van der Waals surface area contributed by atoms with Crippen molar-refractivity contribution in [3.8, 4) is 0 Å². The SMILES string of the molecule is O=C(CC1CC1)N1[C@@H](CO)[C@H](c2ccccc2)C12CN(Cc1cccnc1)C2. The van der Waals surface area contributed by atoms with Crippen molar-refractivity contribution >= 4 is 5.91 Å². The highest BCUT2D eigenvalue weighted by atomic mass is 16.3. The van der Waals surface area contributed by atoms with E-state index in [0.717, 1.165) is 19.6 Å². The highest BCUT2D eigenvalue weighted by molar-refractivity contribution is 5.80. The van der Waals surface area contributed by atoms with Crippen LogP contribution in [-0.2, 0) is 11.3 Å². The van der Waals surface area contributed by atoms with Gasteiger partial charge in [-0.05, 0) is 36.0 Å². The number of rotatable bonds is 6. The Morgan fingerprint density at radius 3 is 2.57 bits per heavy atom. The summed E-state index contributed by atoms with van der Waals surface area (Å²) in [5.74, 6) is 0.994. The van der Waals surface area contributed by atoms with Gasteiger partial charge in [-0.2, -0.15) is 0 Å². The van der Waals surface area contributed by atoms with E-state index in [1.807, 2.05) is 23.2 Å². The molecule has 146 valence electrons. The fourth-order valence-corrected chi connectivity index (χ4v) is 5.32. The summed E-state index contributed by atoms with van der Waals surface area (Å²) in [7, 11) is 0. The van der Waals surface area contributed by atoms with E-state index < -0.39 is 0 Å². The lowest BCUT2D eigenvalue weighted by atomic mass is 9.60. The van der Waals surface area contributed by atoms with Gasteiger partial charge in [0.2, 0.25) is 5.91 Å². The zero-order chi connectivity index (χ0) is 19.1. The van der Waals surface area contributed by atoms with Gasteiger partial charge in [-0.1, -0.05) is 36.4 Å². The molecule has 0 bridgehead atoms. The highest BCUT2D eigenvalue weighted by Crippen LogP contribution is 2.54. The first-order valence-electron chi connectivity index (χ1n) is 10.3.